The Balaban J connectivity index is 2.53. The van der Waals surface area contributed by atoms with Crippen LogP contribution in [0.25, 0.3) is 6.08 Å². The Labute approximate surface area is 150 Å². The first-order chi connectivity index (χ1) is 12.0. The third-order valence-electron chi connectivity index (χ3n) is 3.53. The van der Waals surface area contributed by atoms with Crippen LogP contribution in [-0.2, 0) is 9.59 Å². The van der Waals surface area contributed by atoms with E-state index < -0.39 is 11.8 Å². The van der Waals surface area contributed by atoms with Crippen LogP contribution in [0.2, 0.25) is 0 Å². The van der Waals surface area contributed by atoms with Gasteiger partial charge in [0.2, 0.25) is 0 Å². The molecule has 1 aromatic rings. The molecule has 1 N–H and O–H groups in total. The number of hydrogen-bond acceptors (Lipinski definition) is 6. The third kappa shape index (κ3) is 3.63. The number of nitrogens with one attached hydrogen (secondary N) is 1. The van der Waals surface area contributed by atoms with Gasteiger partial charge in [-0.15, -0.1) is 6.58 Å². The van der Waals surface area contributed by atoms with Crippen molar-refractivity contribution in [2.24, 2.45) is 0 Å². The summed E-state index contributed by atoms with van der Waals surface area (Å²) in [6.45, 7) is 3.78. The van der Waals surface area contributed by atoms with Gasteiger partial charge >= 0.3 is 0 Å². The quantitative estimate of drug-likeness (QED) is 0.358. The van der Waals surface area contributed by atoms with Crippen molar-refractivity contribution in [3.8, 4) is 17.2 Å². The topological polar surface area (TPSA) is 77.1 Å². The lowest BCUT2D eigenvalue weighted by Gasteiger charge is -2.27. The maximum Gasteiger partial charge on any atom is 0.265 e. The molecular weight excluding hydrogens is 344 g/mol. The van der Waals surface area contributed by atoms with Gasteiger partial charge in [-0.2, -0.15) is 0 Å². The van der Waals surface area contributed by atoms with E-state index >= 15 is 0 Å². The van der Waals surface area contributed by atoms with Crippen molar-refractivity contribution in [1.82, 2.24) is 10.2 Å². The Bertz CT molecular complexity index is 773. The van der Waals surface area contributed by atoms with Crippen molar-refractivity contribution < 1.29 is 23.8 Å². The second kappa shape index (κ2) is 7.80. The molecule has 0 spiro atoms. The van der Waals surface area contributed by atoms with Crippen molar-refractivity contribution in [2.75, 3.05) is 27.9 Å². The molecule has 1 aliphatic heterocycles. The molecule has 25 heavy (non-hydrogen) atoms. The van der Waals surface area contributed by atoms with Crippen molar-refractivity contribution in [2.45, 2.75) is 0 Å². The molecule has 1 saturated heterocycles. The molecule has 2 rings (SSSR count). The number of amides is 2. The zero-order chi connectivity index (χ0) is 18.6. The molecular formula is C17H18N2O5S. The first-order valence-electron chi connectivity index (χ1n) is 7.26. The molecule has 0 atom stereocenters. The lowest BCUT2D eigenvalue weighted by atomic mass is 10.1. The molecule has 0 aliphatic carbocycles. The van der Waals surface area contributed by atoms with Crippen LogP contribution in [0.1, 0.15) is 5.56 Å². The van der Waals surface area contributed by atoms with Crippen LogP contribution in [0.3, 0.4) is 0 Å². The summed E-state index contributed by atoms with van der Waals surface area (Å²) in [7, 11) is 4.47. The zero-order valence-electron chi connectivity index (χ0n) is 14.1. The van der Waals surface area contributed by atoms with Gasteiger partial charge in [-0.05, 0) is 24.4 Å². The largest absolute Gasteiger partial charge is 0.496 e. The molecule has 1 heterocycles. The average Bonchev–Trinajstić information content (AvgIpc) is 2.61. The fourth-order valence-electron chi connectivity index (χ4n) is 2.31. The van der Waals surface area contributed by atoms with E-state index in [1.165, 1.54) is 38.4 Å². The van der Waals surface area contributed by atoms with Gasteiger partial charge in [0.15, 0.2) is 16.6 Å². The van der Waals surface area contributed by atoms with E-state index in [4.69, 9.17) is 26.4 Å². The molecule has 0 bridgehead atoms. The molecule has 0 unspecified atom stereocenters. The number of rotatable bonds is 6. The Hall–Kier alpha value is -2.87. The summed E-state index contributed by atoms with van der Waals surface area (Å²) in [5.74, 6) is 0.250. The summed E-state index contributed by atoms with van der Waals surface area (Å²) >= 11 is 5.02. The van der Waals surface area contributed by atoms with Crippen LogP contribution in [-0.4, -0.2) is 49.7 Å². The summed E-state index contributed by atoms with van der Waals surface area (Å²) in [6.07, 6.45) is 2.95. The molecule has 1 aromatic carbocycles. The first kappa shape index (κ1) is 18.5. The van der Waals surface area contributed by atoms with E-state index in [-0.39, 0.29) is 17.2 Å². The number of ether oxygens (including phenoxy) is 3. The minimum Gasteiger partial charge on any atom is -0.496 e. The van der Waals surface area contributed by atoms with Gasteiger partial charge in [0.05, 0.1) is 21.3 Å². The predicted octanol–water partition coefficient (Wildman–Crippen LogP) is 1.53. The lowest BCUT2D eigenvalue weighted by Crippen LogP contribution is -2.53. The van der Waals surface area contributed by atoms with E-state index in [0.29, 0.717) is 22.8 Å². The molecule has 8 heteroatoms. The Morgan fingerprint density at radius 3 is 2.28 bits per heavy atom. The number of benzene rings is 1. The summed E-state index contributed by atoms with van der Waals surface area (Å²) in [4.78, 5) is 26.0. The minimum atomic E-state index is -0.577. The van der Waals surface area contributed by atoms with Gasteiger partial charge < -0.3 is 14.2 Å². The van der Waals surface area contributed by atoms with Crippen molar-refractivity contribution in [1.29, 1.82) is 0 Å². The summed E-state index contributed by atoms with van der Waals surface area (Å²) < 4.78 is 15.8. The summed E-state index contributed by atoms with van der Waals surface area (Å²) in [6, 6.07) is 3.23. The zero-order valence-corrected chi connectivity index (χ0v) is 14.9. The average molecular weight is 362 g/mol. The van der Waals surface area contributed by atoms with Gasteiger partial charge in [0.25, 0.3) is 11.8 Å². The third-order valence-corrected chi connectivity index (χ3v) is 3.86. The Kier molecular flexibility index (Phi) is 5.76. The standard InChI is InChI=1S/C17H18N2O5S/c1-5-6-19-16(21)11(15(20)18-17(19)25)7-10-8-13(23-3)14(24-4)9-12(10)22-2/h5,7-9H,1,6H2,2-4H3,(H,18,20,25)/b11-7+. The van der Waals surface area contributed by atoms with Crippen LogP contribution >= 0.6 is 12.2 Å². The predicted molar refractivity (Wildman–Crippen MR) is 96.7 cm³/mol. The van der Waals surface area contributed by atoms with Crippen LogP contribution in [0.5, 0.6) is 17.2 Å². The molecule has 0 aromatic heterocycles. The molecule has 1 aliphatic rings. The smallest absolute Gasteiger partial charge is 0.265 e. The second-order valence-electron chi connectivity index (χ2n) is 4.97. The normalized spacial score (nSPS) is 15.9. The molecule has 2 amide bonds. The highest BCUT2D eigenvalue weighted by Gasteiger charge is 2.33. The van der Waals surface area contributed by atoms with E-state index in [2.05, 4.69) is 11.9 Å². The summed E-state index contributed by atoms with van der Waals surface area (Å²) in [5.41, 5.74) is 0.422. The molecule has 0 radical (unpaired) electrons. The van der Waals surface area contributed by atoms with Crippen molar-refractivity contribution in [3.63, 3.8) is 0 Å². The van der Waals surface area contributed by atoms with Gasteiger partial charge in [0, 0.05) is 18.2 Å². The Morgan fingerprint density at radius 2 is 1.72 bits per heavy atom. The van der Waals surface area contributed by atoms with Crippen molar-refractivity contribution in [3.05, 3.63) is 35.9 Å². The highest BCUT2D eigenvalue weighted by Crippen LogP contribution is 2.36. The number of hydrogen-bond donors (Lipinski definition) is 1. The SMILES string of the molecule is C=CCN1C(=O)/C(=C/c2cc(OC)c(OC)cc2OC)C(=O)NC1=S. The Morgan fingerprint density at radius 1 is 1.12 bits per heavy atom. The highest BCUT2D eigenvalue weighted by molar-refractivity contribution is 7.80. The van der Waals surface area contributed by atoms with Crippen LogP contribution in [0.15, 0.2) is 30.4 Å². The first-order valence-corrected chi connectivity index (χ1v) is 7.67. The van der Waals surface area contributed by atoms with E-state index in [0.717, 1.165) is 0 Å². The molecule has 132 valence electrons. The maximum absolute atomic E-state index is 12.6. The van der Waals surface area contributed by atoms with E-state index in [1.807, 2.05) is 0 Å². The van der Waals surface area contributed by atoms with Crippen LogP contribution in [0.4, 0.5) is 0 Å². The van der Waals surface area contributed by atoms with Gasteiger partial charge in [-0.25, -0.2) is 0 Å². The molecule has 1 fully saturated rings. The lowest BCUT2D eigenvalue weighted by molar-refractivity contribution is -0.128. The van der Waals surface area contributed by atoms with Gasteiger partial charge in [0.1, 0.15) is 11.3 Å². The fraction of sp³-hybridized carbons (Fsp3) is 0.235. The number of nitrogens with zero attached hydrogens (tertiary/aromatic N) is 1. The second-order valence-corrected chi connectivity index (χ2v) is 5.36. The fourth-order valence-corrected chi connectivity index (χ4v) is 2.56. The van der Waals surface area contributed by atoms with E-state index in [1.54, 1.807) is 12.1 Å². The number of carbonyl (C=O) groups is 2. The number of thiocarbonyl (C=S) groups is 1. The van der Waals surface area contributed by atoms with E-state index in [9.17, 15) is 9.59 Å². The van der Waals surface area contributed by atoms with Crippen LogP contribution in [0, 0.1) is 0 Å². The minimum absolute atomic E-state index is 0.0475. The number of carbonyl (C=O) groups excluding carboxylic acids is 2. The molecule has 0 saturated carbocycles. The number of methoxy groups -OCH3 is 3. The summed E-state index contributed by atoms with van der Waals surface area (Å²) in [5, 5.41) is 2.54. The van der Waals surface area contributed by atoms with Crippen molar-refractivity contribution >= 4 is 35.2 Å². The monoisotopic (exact) mass is 362 g/mol. The van der Waals surface area contributed by atoms with Gasteiger partial charge in [-0.1, -0.05) is 6.08 Å². The van der Waals surface area contributed by atoms with Crippen LogP contribution < -0.4 is 19.5 Å². The highest BCUT2D eigenvalue weighted by atomic mass is 32.1. The maximum atomic E-state index is 12.6. The molecule has 7 nitrogen and oxygen atoms in total. The van der Waals surface area contributed by atoms with Gasteiger partial charge in [-0.3, -0.25) is 19.8 Å².